The van der Waals surface area contributed by atoms with E-state index in [0.717, 1.165) is 17.0 Å². The third-order valence-corrected chi connectivity index (χ3v) is 8.10. The summed E-state index contributed by atoms with van der Waals surface area (Å²) in [5.74, 6) is 1.70. The van der Waals surface area contributed by atoms with E-state index in [-0.39, 0.29) is 11.3 Å². The summed E-state index contributed by atoms with van der Waals surface area (Å²) in [6.45, 7) is 4.06. The molecule has 3 nitrogen and oxygen atoms in total. The van der Waals surface area contributed by atoms with Crippen molar-refractivity contribution in [3.63, 3.8) is 0 Å². The van der Waals surface area contributed by atoms with E-state index in [4.69, 9.17) is 4.98 Å². The van der Waals surface area contributed by atoms with Gasteiger partial charge in [0.25, 0.3) is 0 Å². The van der Waals surface area contributed by atoms with Crippen LogP contribution in [-0.4, -0.2) is 10.9 Å². The molecule has 0 spiro atoms. The number of amides is 1. The maximum atomic E-state index is 11.8. The number of thiazole rings is 1. The third-order valence-electron chi connectivity index (χ3n) is 7.34. The fourth-order valence-corrected chi connectivity index (χ4v) is 7.44. The number of carbonyl (C=O) groups is 1. The zero-order valence-electron chi connectivity index (χ0n) is 16.3. The number of anilines is 1. The second-order valence-electron chi connectivity index (χ2n) is 9.33. The van der Waals surface area contributed by atoms with E-state index in [1.165, 1.54) is 49.8 Å². The van der Waals surface area contributed by atoms with Crippen LogP contribution in [0.5, 0.6) is 0 Å². The van der Waals surface area contributed by atoms with Crippen molar-refractivity contribution in [1.82, 2.24) is 4.98 Å². The summed E-state index contributed by atoms with van der Waals surface area (Å²) in [7, 11) is 0. The zero-order chi connectivity index (χ0) is 18.6. The first kappa shape index (κ1) is 17.4. The van der Waals surface area contributed by atoms with Gasteiger partial charge in [-0.1, -0.05) is 36.8 Å². The molecular weight excluding hydrogens is 352 g/mol. The van der Waals surface area contributed by atoms with Gasteiger partial charge in [-0.25, -0.2) is 4.98 Å². The largest absolute Gasteiger partial charge is 0.302 e. The molecule has 0 saturated heterocycles. The molecule has 2 unspecified atom stereocenters. The zero-order valence-corrected chi connectivity index (χ0v) is 17.1. The summed E-state index contributed by atoms with van der Waals surface area (Å²) in [6.07, 6.45) is 8.38. The van der Waals surface area contributed by atoms with Gasteiger partial charge < -0.3 is 5.32 Å². The maximum Gasteiger partial charge on any atom is 0.225 e. The fourth-order valence-electron chi connectivity index (χ4n) is 6.59. The van der Waals surface area contributed by atoms with E-state index in [2.05, 4.69) is 41.9 Å². The summed E-state index contributed by atoms with van der Waals surface area (Å²) in [5.41, 5.74) is 4.66. The lowest BCUT2D eigenvalue weighted by atomic mass is 9.42. The number of carbonyl (C=O) groups excluding carboxylic acids is 1. The van der Waals surface area contributed by atoms with Crippen molar-refractivity contribution < 1.29 is 4.79 Å². The van der Waals surface area contributed by atoms with Gasteiger partial charge in [-0.2, -0.15) is 0 Å². The van der Waals surface area contributed by atoms with E-state index >= 15 is 0 Å². The minimum Gasteiger partial charge on any atom is -0.302 e. The van der Waals surface area contributed by atoms with Crippen LogP contribution in [0.3, 0.4) is 0 Å². The molecule has 4 aliphatic rings. The molecule has 1 amide bonds. The highest BCUT2D eigenvalue weighted by Crippen LogP contribution is 2.66. The first-order chi connectivity index (χ1) is 13.0. The van der Waals surface area contributed by atoms with Gasteiger partial charge in [-0.15, -0.1) is 11.3 Å². The third kappa shape index (κ3) is 2.84. The van der Waals surface area contributed by atoms with Gasteiger partial charge in [-0.05, 0) is 68.3 Å². The van der Waals surface area contributed by atoms with Crippen molar-refractivity contribution in [1.29, 1.82) is 0 Å². The molecule has 2 aromatic rings. The smallest absolute Gasteiger partial charge is 0.225 e. The number of rotatable bonds is 4. The molecule has 6 rings (SSSR count). The Balaban J connectivity index is 1.50. The SMILES string of the molecule is CCC(=O)Nc1nc(C23CC4CC(CC(c5ccc(C)cc5)(C4)C2)C3)cs1. The van der Waals surface area contributed by atoms with Crippen LogP contribution in [0.25, 0.3) is 0 Å². The molecule has 27 heavy (non-hydrogen) atoms. The molecule has 1 N–H and O–H groups in total. The highest BCUT2D eigenvalue weighted by molar-refractivity contribution is 7.13. The predicted octanol–water partition coefficient (Wildman–Crippen LogP) is 5.59. The van der Waals surface area contributed by atoms with Crippen molar-refractivity contribution in [2.24, 2.45) is 11.8 Å². The van der Waals surface area contributed by atoms with Crippen molar-refractivity contribution in [3.05, 3.63) is 46.5 Å². The second kappa shape index (κ2) is 6.16. The van der Waals surface area contributed by atoms with Crippen LogP contribution in [0.4, 0.5) is 5.13 Å². The summed E-state index contributed by atoms with van der Waals surface area (Å²) in [4.78, 5) is 16.7. The van der Waals surface area contributed by atoms with Gasteiger partial charge in [0.15, 0.2) is 5.13 Å². The van der Waals surface area contributed by atoms with Gasteiger partial charge in [0.2, 0.25) is 5.91 Å². The molecule has 4 bridgehead atoms. The summed E-state index contributed by atoms with van der Waals surface area (Å²) in [5, 5.41) is 5.96. The Morgan fingerprint density at radius 3 is 2.48 bits per heavy atom. The highest BCUT2D eigenvalue weighted by Gasteiger charge is 2.59. The number of hydrogen-bond acceptors (Lipinski definition) is 3. The Kier molecular flexibility index (Phi) is 3.98. The molecule has 4 heteroatoms. The Morgan fingerprint density at radius 1 is 1.15 bits per heavy atom. The van der Waals surface area contributed by atoms with Crippen LogP contribution in [0, 0.1) is 18.8 Å². The molecule has 1 heterocycles. The first-order valence-electron chi connectivity index (χ1n) is 10.3. The van der Waals surface area contributed by atoms with Gasteiger partial charge >= 0.3 is 0 Å². The average molecular weight is 381 g/mol. The molecule has 1 aromatic carbocycles. The van der Waals surface area contributed by atoms with E-state index in [9.17, 15) is 4.79 Å². The average Bonchev–Trinajstić information content (AvgIpc) is 3.10. The topological polar surface area (TPSA) is 42.0 Å². The van der Waals surface area contributed by atoms with Crippen LogP contribution in [-0.2, 0) is 15.6 Å². The maximum absolute atomic E-state index is 11.8. The minimum atomic E-state index is 0.0533. The van der Waals surface area contributed by atoms with Crippen LogP contribution in [0.2, 0.25) is 0 Å². The van der Waals surface area contributed by atoms with Gasteiger partial charge in [0.05, 0.1) is 5.69 Å². The number of aryl methyl sites for hydroxylation is 1. The van der Waals surface area contributed by atoms with Crippen LogP contribution >= 0.6 is 11.3 Å². The molecule has 2 atom stereocenters. The molecule has 142 valence electrons. The molecule has 1 aromatic heterocycles. The van der Waals surface area contributed by atoms with Gasteiger partial charge in [-0.3, -0.25) is 4.79 Å². The van der Waals surface area contributed by atoms with E-state index in [0.29, 0.717) is 11.8 Å². The number of aromatic nitrogens is 1. The number of nitrogens with one attached hydrogen (secondary N) is 1. The predicted molar refractivity (Wildman–Crippen MR) is 110 cm³/mol. The van der Waals surface area contributed by atoms with Crippen molar-refractivity contribution in [2.45, 2.75) is 69.6 Å². The quantitative estimate of drug-likeness (QED) is 0.751. The Bertz CT molecular complexity index is 855. The highest BCUT2D eigenvalue weighted by atomic mass is 32.1. The van der Waals surface area contributed by atoms with Gasteiger partial charge in [0, 0.05) is 17.2 Å². The van der Waals surface area contributed by atoms with Crippen LogP contribution in [0.15, 0.2) is 29.6 Å². The monoisotopic (exact) mass is 380 g/mol. The summed E-state index contributed by atoms with van der Waals surface area (Å²) >= 11 is 1.60. The first-order valence-corrected chi connectivity index (χ1v) is 11.2. The Morgan fingerprint density at radius 2 is 1.81 bits per heavy atom. The number of benzene rings is 1. The Hall–Kier alpha value is -1.68. The number of nitrogens with zero attached hydrogens (tertiary/aromatic N) is 1. The van der Waals surface area contributed by atoms with Crippen molar-refractivity contribution >= 4 is 22.4 Å². The molecule has 0 radical (unpaired) electrons. The van der Waals surface area contributed by atoms with E-state index < -0.39 is 0 Å². The standard InChI is InChI=1S/C23H28N2OS/c1-3-20(26)25-21-24-19(13-27-21)23-11-16-8-17(12-23)10-22(9-16,14-23)18-6-4-15(2)5-7-18/h4-7,13,16-17H,3,8-12,14H2,1-2H3,(H,24,25,26). The fraction of sp³-hybridized carbons (Fsp3) is 0.565. The molecule has 4 fully saturated rings. The molecular formula is C23H28N2OS. The molecule has 4 aliphatic carbocycles. The minimum absolute atomic E-state index is 0.0533. The Labute approximate surface area is 165 Å². The lowest BCUT2D eigenvalue weighted by Gasteiger charge is -2.62. The van der Waals surface area contributed by atoms with Crippen LogP contribution in [0.1, 0.15) is 68.7 Å². The van der Waals surface area contributed by atoms with Gasteiger partial charge in [0.1, 0.15) is 0 Å². The van der Waals surface area contributed by atoms with E-state index in [1.807, 2.05) is 6.92 Å². The lowest BCUT2D eigenvalue weighted by molar-refractivity contribution is -0.115. The normalized spacial score (nSPS) is 34.0. The summed E-state index contributed by atoms with van der Waals surface area (Å²) in [6, 6.07) is 9.32. The van der Waals surface area contributed by atoms with Crippen molar-refractivity contribution in [3.8, 4) is 0 Å². The molecule has 0 aliphatic heterocycles. The summed E-state index contributed by atoms with van der Waals surface area (Å²) < 4.78 is 0. The second-order valence-corrected chi connectivity index (χ2v) is 10.2. The van der Waals surface area contributed by atoms with Crippen LogP contribution < -0.4 is 5.32 Å². The molecule has 4 saturated carbocycles. The lowest BCUT2D eigenvalue weighted by Crippen LogP contribution is -2.56. The van der Waals surface area contributed by atoms with E-state index in [1.54, 1.807) is 16.9 Å². The number of hydrogen-bond donors (Lipinski definition) is 1. The van der Waals surface area contributed by atoms with Crippen molar-refractivity contribution in [2.75, 3.05) is 5.32 Å².